The number of carbonyl (C=O) groups excluding carboxylic acids is 3. The molecule has 0 spiro atoms. The molecule has 3 aromatic rings. The molecule has 2 fully saturated rings. The summed E-state index contributed by atoms with van der Waals surface area (Å²) < 4.78 is 0. The van der Waals surface area contributed by atoms with Crippen LogP contribution >= 0.6 is 0 Å². The first-order valence-electron chi connectivity index (χ1n) is 10.5. The van der Waals surface area contributed by atoms with Crippen LogP contribution in [0.3, 0.4) is 0 Å². The van der Waals surface area contributed by atoms with Gasteiger partial charge in [0.25, 0.3) is 11.8 Å². The minimum Gasteiger partial charge on any atom is -0.358 e. The number of rotatable bonds is 3. The number of benzene rings is 2. The lowest BCUT2D eigenvalue weighted by atomic mass is 9.90. The molecule has 7 nitrogen and oxygen atoms in total. The number of amides is 4. The highest BCUT2D eigenvalue weighted by atomic mass is 16.2. The molecule has 2 aliphatic rings. The third kappa shape index (κ3) is 3.36. The average Bonchev–Trinajstić information content (AvgIpc) is 3.34. The number of nitrogens with zero attached hydrogens (tertiary/aromatic N) is 1. The lowest BCUT2D eigenvalue weighted by molar-refractivity contribution is -0.123. The molecular formula is C24H24N4O3. The quantitative estimate of drug-likeness (QED) is 0.572. The van der Waals surface area contributed by atoms with Crippen molar-refractivity contribution in [2.24, 2.45) is 0 Å². The van der Waals surface area contributed by atoms with Gasteiger partial charge < -0.3 is 15.2 Å². The fraction of sp³-hybridized carbons (Fsp3) is 0.292. The number of aromatic amines is 1. The summed E-state index contributed by atoms with van der Waals surface area (Å²) in [6.45, 7) is 3.00. The van der Waals surface area contributed by atoms with Gasteiger partial charge in [-0.3, -0.25) is 14.9 Å². The van der Waals surface area contributed by atoms with E-state index in [1.54, 1.807) is 31.2 Å². The molecule has 1 unspecified atom stereocenters. The fourth-order valence-electron chi connectivity index (χ4n) is 4.60. The van der Waals surface area contributed by atoms with Gasteiger partial charge in [0.1, 0.15) is 5.54 Å². The molecule has 4 amide bonds. The van der Waals surface area contributed by atoms with E-state index in [1.165, 1.54) is 11.1 Å². The highest BCUT2D eigenvalue weighted by Crippen LogP contribution is 2.31. The third-order valence-electron chi connectivity index (χ3n) is 6.50. The van der Waals surface area contributed by atoms with Gasteiger partial charge in [-0.15, -0.1) is 0 Å². The number of aromatic nitrogens is 1. The van der Waals surface area contributed by atoms with Crippen LogP contribution in [0.15, 0.2) is 54.6 Å². The van der Waals surface area contributed by atoms with Gasteiger partial charge in [0, 0.05) is 35.8 Å². The number of para-hydroxylation sites is 1. The minimum atomic E-state index is -1.17. The maximum atomic E-state index is 13.1. The Kier molecular flexibility index (Phi) is 4.54. The predicted octanol–water partition coefficient (Wildman–Crippen LogP) is 3.24. The number of carbonyl (C=O) groups is 3. The Balaban J connectivity index is 1.29. The zero-order valence-corrected chi connectivity index (χ0v) is 17.3. The van der Waals surface area contributed by atoms with Crippen molar-refractivity contribution in [2.75, 3.05) is 13.1 Å². The van der Waals surface area contributed by atoms with Crippen molar-refractivity contribution in [1.82, 2.24) is 20.5 Å². The first kappa shape index (κ1) is 19.4. The van der Waals surface area contributed by atoms with Crippen molar-refractivity contribution in [3.63, 3.8) is 0 Å². The summed E-state index contributed by atoms with van der Waals surface area (Å²) >= 11 is 0. The monoisotopic (exact) mass is 416 g/mol. The molecule has 7 heteroatoms. The Labute approximate surface area is 179 Å². The number of fused-ring (bicyclic) bond motifs is 1. The Morgan fingerprint density at radius 3 is 2.52 bits per heavy atom. The summed E-state index contributed by atoms with van der Waals surface area (Å²) in [5.41, 5.74) is 2.32. The van der Waals surface area contributed by atoms with E-state index in [9.17, 15) is 14.4 Å². The van der Waals surface area contributed by atoms with Crippen LogP contribution < -0.4 is 10.6 Å². The molecule has 2 aromatic carbocycles. The van der Waals surface area contributed by atoms with E-state index in [1.807, 2.05) is 17.0 Å². The number of nitrogens with one attached hydrogen (secondary N) is 3. The molecule has 0 aliphatic carbocycles. The standard InChI is InChI=1S/C24H24N4O3/c1-24(22(30)26-23(31)27-24)18-7-4-6-17(13-18)21(29)28-11-9-15(10-12-28)20-14-16-5-2-3-8-19(16)25-20/h2-8,13-15,25H,9-12H2,1H3,(H2,26,27,30,31). The van der Waals surface area contributed by atoms with Gasteiger partial charge in [0.05, 0.1) is 0 Å². The highest BCUT2D eigenvalue weighted by Gasteiger charge is 2.43. The maximum absolute atomic E-state index is 13.1. The average molecular weight is 416 g/mol. The highest BCUT2D eigenvalue weighted by molar-refractivity contribution is 6.07. The summed E-state index contributed by atoms with van der Waals surface area (Å²) in [4.78, 5) is 42.3. The predicted molar refractivity (Wildman–Crippen MR) is 117 cm³/mol. The third-order valence-corrected chi connectivity index (χ3v) is 6.50. The van der Waals surface area contributed by atoms with Crippen molar-refractivity contribution in [3.8, 4) is 0 Å². The van der Waals surface area contributed by atoms with Gasteiger partial charge in [-0.05, 0) is 55.0 Å². The largest absolute Gasteiger partial charge is 0.358 e. The first-order chi connectivity index (χ1) is 14.9. The molecule has 3 heterocycles. The van der Waals surface area contributed by atoms with E-state index < -0.39 is 17.5 Å². The van der Waals surface area contributed by atoms with Gasteiger partial charge in [-0.25, -0.2) is 4.79 Å². The van der Waals surface area contributed by atoms with Crippen LogP contribution in [0.25, 0.3) is 10.9 Å². The minimum absolute atomic E-state index is 0.0507. The van der Waals surface area contributed by atoms with E-state index in [4.69, 9.17) is 0 Å². The van der Waals surface area contributed by atoms with Crippen LogP contribution in [0.2, 0.25) is 0 Å². The van der Waals surface area contributed by atoms with Crippen LogP contribution in [0, 0.1) is 0 Å². The summed E-state index contributed by atoms with van der Waals surface area (Å²) in [6, 6.07) is 16.9. The summed E-state index contributed by atoms with van der Waals surface area (Å²) in [6.07, 6.45) is 1.79. The number of piperidine rings is 1. The number of likely N-dealkylation sites (tertiary alicyclic amines) is 1. The van der Waals surface area contributed by atoms with Crippen LogP contribution in [-0.4, -0.2) is 40.8 Å². The molecule has 1 aromatic heterocycles. The Morgan fingerprint density at radius 2 is 1.81 bits per heavy atom. The van der Waals surface area contributed by atoms with Gasteiger partial charge in [-0.2, -0.15) is 0 Å². The lowest BCUT2D eigenvalue weighted by Gasteiger charge is -2.32. The number of hydrogen-bond acceptors (Lipinski definition) is 3. The normalized spacial score (nSPS) is 21.9. The van der Waals surface area contributed by atoms with E-state index in [0.29, 0.717) is 30.1 Å². The smallest absolute Gasteiger partial charge is 0.322 e. The van der Waals surface area contributed by atoms with Gasteiger partial charge in [-0.1, -0.05) is 30.3 Å². The lowest BCUT2D eigenvalue weighted by Crippen LogP contribution is -2.41. The Morgan fingerprint density at radius 1 is 1.03 bits per heavy atom. The van der Waals surface area contributed by atoms with E-state index in [2.05, 4.69) is 33.8 Å². The Hall–Kier alpha value is -3.61. The van der Waals surface area contributed by atoms with Crippen molar-refractivity contribution in [3.05, 3.63) is 71.4 Å². The first-order valence-corrected chi connectivity index (χ1v) is 10.5. The van der Waals surface area contributed by atoms with E-state index >= 15 is 0 Å². The molecule has 0 radical (unpaired) electrons. The van der Waals surface area contributed by atoms with Crippen LogP contribution in [0.4, 0.5) is 4.79 Å². The molecule has 5 rings (SSSR count). The molecule has 2 aliphatic heterocycles. The number of imide groups is 1. The van der Waals surface area contributed by atoms with Crippen molar-refractivity contribution < 1.29 is 14.4 Å². The zero-order chi connectivity index (χ0) is 21.6. The topological polar surface area (TPSA) is 94.3 Å². The van der Waals surface area contributed by atoms with E-state index in [0.717, 1.165) is 18.4 Å². The summed E-state index contributed by atoms with van der Waals surface area (Å²) in [7, 11) is 0. The van der Waals surface area contributed by atoms with Crippen molar-refractivity contribution in [2.45, 2.75) is 31.2 Å². The SMILES string of the molecule is CC1(c2cccc(C(=O)N3CCC(c4cc5ccccc5[nH]4)CC3)c2)NC(=O)NC1=O. The molecule has 0 bridgehead atoms. The number of H-pyrrole nitrogens is 1. The van der Waals surface area contributed by atoms with Gasteiger partial charge in [0.15, 0.2) is 0 Å². The molecular weight excluding hydrogens is 392 g/mol. The maximum Gasteiger partial charge on any atom is 0.322 e. The fourth-order valence-corrected chi connectivity index (χ4v) is 4.60. The molecule has 1 atom stereocenters. The molecule has 2 saturated heterocycles. The van der Waals surface area contributed by atoms with Crippen LogP contribution in [0.5, 0.6) is 0 Å². The van der Waals surface area contributed by atoms with Gasteiger partial charge in [0.2, 0.25) is 0 Å². The molecule has 0 saturated carbocycles. The number of hydrogen-bond donors (Lipinski definition) is 3. The van der Waals surface area contributed by atoms with Crippen molar-refractivity contribution in [1.29, 1.82) is 0 Å². The summed E-state index contributed by atoms with van der Waals surface area (Å²) in [5, 5.41) is 6.12. The molecule has 31 heavy (non-hydrogen) atoms. The molecule has 3 N–H and O–H groups in total. The van der Waals surface area contributed by atoms with Crippen LogP contribution in [0.1, 0.15) is 47.3 Å². The van der Waals surface area contributed by atoms with E-state index in [-0.39, 0.29) is 5.91 Å². The summed E-state index contributed by atoms with van der Waals surface area (Å²) in [5.74, 6) is -0.0642. The molecule has 158 valence electrons. The van der Waals surface area contributed by atoms with Gasteiger partial charge >= 0.3 is 6.03 Å². The van der Waals surface area contributed by atoms with Crippen molar-refractivity contribution >= 4 is 28.7 Å². The number of urea groups is 1. The second-order valence-electron chi connectivity index (χ2n) is 8.49. The Bertz CT molecular complexity index is 1160. The zero-order valence-electron chi connectivity index (χ0n) is 17.3. The second kappa shape index (κ2) is 7.27. The second-order valence-corrected chi connectivity index (χ2v) is 8.49. The van der Waals surface area contributed by atoms with Crippen LogP contribution in [-0.2, 0) is 10.3 Å².